The molecule has 0 unspecified atom stereocenters. The first kappa shape index (κ1) is 20.5. The Bertz CT molecular complexity index is 767. The predicted octanol–water partition coefficient (Wildman–Crippen LogP) is 4.27. The number of amides is 2. The number of ether oxygens (including phenoxy) is 1. The third-order valence-corrected chi connectivity index (χ3v) is 4.48. The summed E-state index contributed by atoms with van der Waals surface area (Å²) in [5, 5.41) is 2.87. The van der Waals surface area contributed by atoms with Gasteiger partial charge in [-0.15, -0.1) is 0 Å². The minimum atomic E-state index is -0.580. The maximum Gasteiger partial charge on any atom is 0.265 e. The number of nitrogens with one attached hydrogen (secondary N) is 1. The molecule has 0 aliphatic rings. The van der Waals surface area contributed by atoms with Crippen LogP contribution < -0.4 is 10.1 Å². The van der Waals surface area contributed by atoms with E-state index in [1.54, 1.807) is 29.2 Å². The minimum Gasteiger partial charge on any atom is -0.480 e. The number of aryl methyl sites for hydroxylation is 1. The van der Waals surface area contributed by atoms with E-state index in [9.17, 15) is 9.59 Å². The molecule has 2 aromatic rings. The molecule has 1 atom stereocenters. The van der Waals surface area contributed by atoms with E-state index in [2.05, 4.69) is 5.32 Å². The van der Waals surface area contributed by atoms with Crippen LogP contribution in [0.1, 0.15) is 43.1 Å². The number of hydrogen-bond acceptors (Lipinski definition) is 3. The zero-order valence-electron chi connectivity index (χ0n) is 16.5. The minimum absolute atomic E-state index is 0.00722. The molecule has 144 valence electrons. The van der Waals surface area contributed by atoms with Gasteiger partial charge in [0.15, 0.2) is 6.10 Å². The van der Waals surface area contributed by atoms with Crippen molar-refractivity contribution < 1.29 is 14.3 Å². The molecule has 27 heavy (non-hydrogen) atoms. The third-order valence-electron chi connectivity index (χ3n) is 4.48. The van der Waals surface area contributed by atoms with Gasteiger partial charge in [0.25, 0.3) is 11.8 Å². The third kappa shape index (κ3) is 5.33. The van der Waals surface area contributed by atoms with Crippen molar-refractivity contribution >= 4 is 17.5 Å². The monoisotopic (exact) mass is 368 g/mol. The topological polar surface area (TPSA) is 58.6 Å². The Morgan fingerprint density at radius 2 is 1.63 bits per heavy atom. The van der Waals surface area contributed by atoms with Gasteiger partial charge in [0, 0.05) is 24.3 Å². The Balaban J connectivity index is 2.03. The van der Waals surface area contributed by atoms with Crippen molar-refractivity contribution in [3.8, 4) is 5.75 Å². The van der Waals surface area contributed by atoms with E-state index in [0.29, 0.717) is 36.5 Å². The zero-order chi connectivity index (χ0) is 19.8. The van der Waals surface area contributed by atoms with Gasteiger partial charge in [-0.1, -0.05) is 25.1 Å². The van der Waals surface area contributed by atoms with Gasteiger partial charge in [0.1, 0.15) is 5.75 Å². The average molecular weight is 368 g/mol. The first-order chi connectivity index (χ1) is 13.0. The van der Waals surface area contributed by atoms with Crippen molar-refractivity contribution in [3.05, 3.63) is 59.7 Å². The molecule has 1 N–H and O–H groups in total. The summed E-state index contributed by atoms with van der Waals surface area (Å²) < 4.78 is 5.88. The number of rotatable bonds is 8. The number of benzene rings is 2. The second-order valence-electron chi connectivity index (χ2n) is 6.32. The van der Waals surface area contributed by atoms with Gasteiger partial charge >= 0.3 is 0 Å². The highest BCUT2D eigenvalue weighted by atomic mass is 16.5. The number of para-hydroxylation sites is 1. The second kappa shape index (κ2) is 9.76. The van der Waals surface area contributed by atoms with Gasteiger partial charge in [0.2, 0.25) is 0 Å². The zero-order valence-corrected chi connectivity index (χ0v) is 16.5. The molecule has 0 spiro atoms. The number of carbonyl (C=O) groups is 2. The number of anilines is 1. The molecular formula is C22H28N2O3. The molecule has 0 saturated carbocycles. The van der Waals surface area contributed by atoms with Crippen molar-refractivity contribution in [2.45, 2.75) is 40.2 Å². The fraction of sp³-hybridized carbons (Fsp3) is 0.364. The summed E-state index contributed by atoms with van der Waals surface area (Å²) in [5.74, 6) is 0.496. The maximum atomic E-state index is 12.6. The van der Waals surface area contributed by atoms with Crippen LogP contribution in [-0.4, -0.2) is 35.9 Å². The van der Waals surface area contributed by atoms with E-state index >= 15 is 0 Å². The van der Waals surface area contributed by atoms with Gasteiger partial charge in [-0.3, -0.25) is 9.59 Å². The molecule has 0 fully saturated rings. The highest BCUT2D eigenvalue weighted by Gasteiger charge is 2.19. The van der Waals surface area contributed by atoms with Gasteiger partial charge in [-0.2, -0.15) is 0 Å². The van der Waals surface area contributed by atoms with Gasteiger partial charge in [0.05, 0.1) is 0 Å². The number of nitrogens with zero attached hydrogens (tertiary/aromatic N) is 1. The van der Waals surface area contributed by atoms with Crippen LogP contribution >= 0.6 is 0 Å². The van der Waals surface area contributed by atoms with E-state index < -0.39 is 6.10 Å². The van der Waals surface area contributed by atoms with Crippen LogP contribution in [0, 0.1) is 6.92 Å². The van der Waals surface area contributed by atoms with Gasteiger partial charge in [-0.05, 0) is 63.1 Å². The molecule has 0 aliphatic heterocycles. The quantitative estimate of drug-likeness (QED) is 0.757. The van der Waals surface area contributed by atoms with Crippen LogP contribution in [0.25, 0.3) is 0 Å². The lowest BCUT2D eigenvalue weighted by atomic mass is 10.1. The Morgan fingerprint density at radius 1 is 1.00 bits per heavy atom. The van der Waals surface area contributed by atoms with Gasteiger partial charge in [-0.25, -0.2) is 0 Å². The number of carbonyl (C=O) groups excluding carboxylic acids is 2. The van der Waals surface area contributed by atoms with Gasteiger partial charge < -0.3 is 15.0 Å². The molecule has 0 radical (unpaired) electrons. The lowest BCUT2D eigenvalue weighted by molar-refractivity contribution is -0.122. The van der Waals surface area contributed by atoms with Crippen LogP contribution in [0.15, 0.2) is 48.5 Å². The summed E-state index contributed by atoms with van der Waals surface area (Å²) in [5.41, 5.74) is 2.24. The predicted molar refractivity (Wildman–Crippen MR) is 108 cm³/mol. The summed E-state index contributed by atoms with van der Waals surface area (Å²) in [6.07, 6.45) is -0.0262. The molecule has 2 amide bonds. The smallest absolute Gasteiger partial charge is 0.265 e. The van der Waals surface area contributed by atoms with Crippen LogP contribution in [0.2, 0.25) is 0 Å². The molecule has 2 aromatic carbocycles. The van der Waals surface area contributed by atoms with E-state index in [-0.39, 0.29) is 11.8 Å². The van der Waals surface area contributed by atoms with Crippen molar-refractivity contribution in [2.75, 3.05) is 18.4 Å². The van der Waals surface area contributed by atoms with Crippen molar-refractivity contribution in [1.82, 2.24) is 4.90 Å². The molecule has 0 aromatic heterocycles. The molecule has 5 heteroatoms. The SMILES string of the molecule is CC[C@H](Oc1ccccc1C)C(=O)Nc1ccc(C(=O)N(CC)CC)cc1. The number of hydrogen-bond donors (Lipinski definition) is 1. The normalized spacial score (nSPS) is 11.6. The highest BCUT2D eigenvalue weighted by molar-refractivity contribution is 5.97. The summed E-state index contributed by atoms with van der Waals surface area (Å²) >= 11 is 0. The Kier molecular flexibility index (Phi) is 7.41. The molecule has 5 nitrogen and oxygen atoms in total. The molecule has 0 heterocycles. The summed E-state index contributed by atoms with van der Waals surface area (Å²) in [6, 6.07) is 14.6. The fourth-order valence-corrected chi connectivity index (χ4v) is 2.78. The van der Waals surface area contributed by atoms with Crippen LogP contribution in [0.4, 0.5) is 5.69 Å². The van der Waals surface area contributed by atoms with Crippen LogP contribution in [0.5, 0.6) is 5.75 Å². The lowest BCUT2D eigenvalue weighted by Gasteiger charge is -2.20. The van der Waals surface area contributed by atoms with E-state index in [1.165, 1.54) is 0 Å². The van der Waals surface area contributed by atoms with Crippen molar-refractivity contribution in [2.24, 2.45) is 0 Å². The molecular weight excluding hydrogens is 340 g/mol. The second-order valence-corrected chi connectivity index (χ2v) is 6.32. The van der Waals surface area contributed by atoms with E-state index in [1.807, 2.05) is 52.0 Å². The summed E-state index contributed by atoms with van der Waals surface area (Å²) in [6.45, 7) is 9.11. The maximum absolute atomic E-state index is 12.6. The largest absolute Gasteiger partial charge is 0.480 e. The summed E-state index contributed by atoms with van der Waals surface area (Å²) in [4.78, 5) is 26.7. The van der Waals surface area contributed by atoms with Crippen molar-refractivity contribution in [3.63, 3.8) is 0 Å². The molecule has 0 saturated heterocycles. The first-order valence-electron chi connectivity index (χ1n) is 9.42. The molecule has 0 aliphatic carbocycles. The molecule has 0 bridgehead atoms. The van der Waals surface area contributed by atoms with Crippen LogP contribution in [-0.2, 0) is 4.79 Å². The summed E-state index contributed by atoms with van der Waals surface area (Å²) in [7, 11) is 0. The fourth-order valence-electron chi connectivity index (χ4n) is 2.78. The highest BCUT2D eigenvalue weighted by Crippen LogP contribution is 2.20. The van der Waals surface area contributed by atoms with Crippen molar-refractivity contribution in [1.29, 1.82) is 0 Å². The molecule has 2 rings (SSSR count). The average Bonchev–Trinajstić information content (AvgIpc) is 2.68. The van der Waals surface area contributed by atoms with E-state index in [0.717, 1.165) is 5.56 Å². The lowest BCUT2D eigenvalue weighted by Crippen LogP contribution is -2.32. The van der Waals surface area contributed by atoms with Crippen LogP contribution in [0.3, 0.4) is 0 Å². The van der Waals surface area contributed by atoms with E-state index in [4.69, 9.17) is 4.74 Å². The Hall–Kier alpha value is -2.82. The standard InChI is InChI=1S/C22H28N2O3/c1-5-19(27-20-11-9-8-10-16(20)4)21(25)23-18-14-12-17(13-15-18)22(26)24(6-2)7-3/h8-15,19H,5-7H2,1-4H3,(H,23,25)/t19-/m0/s1. The Morgan fingerprint density at radius 3 is 2.19 bits per heavy atom. The Labute approximate surface area is 161 Å². The first-order valence-corrected chi connectivity index (χ1v) is 9.42.